The van der Waals surface area contributed by atoms with Crippen LogP contribution in [0.1, 0.15) is 39.2 Å². The zero-order valence-electron chi connectivity index (χ0n) is 11.7. The maximum atomic E-state index is 8.98. The molecule has 1 aromatic rings. The molecule has 0 radical (unpaired) electrons. The highest BCUT2D eigenvalue weighted by Crippen LogP contribution is 2.26. The van der Waals surface area contributed by atoms with Crippen molar-refractivity contribution in [1.82, 2.24) is 4.98 Å². The molecule has 1 aliphatic rings. The molecule has 1 unspecified atom stereocenters. The van der Waals surface area contributed by atoms with Crippen molar-refractivity contribution in [3.8, 4) is 0 Å². The number of anilines is 1. The van der Waals surface area contributed by atoms with Gasteiger partial charge in [0.15, 0.2) is 0 Å². The zero-order valence-corrected chi connectivity index (χ0v) is 11.7. The number of rotatable bonds is 3. The second-order valence-corrected chi connectivity index (χ2v) is 6.27. The SMILES string of the molecule is CC(C)(C)c1ccc(N2CCC(CCO)C2)nc1. The van der Waals surface area contributed by atoms with Gasteiger partial charge in [0.2, 0.25) is 0 Å². The molecule has 1 aliphatic heterocycles. The molecule has 3 nitrogen and oxygen atoms in total. The molecule has 3 heteroatoms. The average Bonchev–Trinajstić information content (AvgIpc) is 2.77. The first-order valence-corrected chi connectivity index (χ1v) is 6.83. The third kappa shape index (κ3) is 3.02. The van der Waals surface area contributed by atoms with E-state index in [9.17, 15) is 0 Å². The quantitative estimate of drug-likeness (QED) is 0.893. The molecule has 100 valence electrons. The van der Waals surface area contributed by atoms with Crippen LogP contribution >= 0.6 is 0 Å². The lowest BCUT2D eigenvalue weighted by atomic mass is 9.88. The van der Waals surface area contributed by atoms with E-state index < -0.39 is 0 Å². The van der Waals surface area contributed by atoms with Gasteiger partial charge in [0.05, 0.1) is 0 Å². The molecule has 0 aliphatic carbocycles. The minimum atomic E-state index is 0.163. The maximum Gasteiger partial charge on any atom is 0.128 e. The van der Waals surface area contributed by atoms with Crippen molar-refractivity contribution < 1.29 is 5.11 Å². The van der Waals surface area contributed by atoms with Crippen molar-refractivity contribution in [2.45, 2.75) is 39.0 Å². The van der Waals surface area contributed by atoms with Crippen LogP contribution in [0.4, 0.5) is 5.82 Å². The minimum Gasteiger partial charge on any atom is -0.396 e. The predicted octanol–water partition coefficient (Wildman–Crippen LogP) is 2.59. The summed E-state index contributed by atoms with van der Waals surface area (Å²) in [5, 5.41) is 8.98. The molecule has 0 bridgehead atoms. The molecule has 1 N–H and O–H groups in total. The smallest absolute Gasteiger partial charge is 0.128 e. The van der Waals surface area contributed by atoms with Gasteiger partial charge in [-0.05, 0) is 35.8 Å². The van der Waals surface area contributed by atoms with Crippen LogP contribution in [0.25, 0.3) is 0 Å². The summed E-state index contributed by atoms with van der Waals surface area (Å²) in [6.45, 7) is 9.01. The van der Waals surface area contributed by atoms with Crippen molar-refractivity contribution in [2.24, 2.45) is 5.92 Å². The summed E-state index contributed by atoms with van der Waals surface area (Å²) in [4.78, 5) is 6.91. The summed E-state index contributed by atoms with van der Waals surface area (Å²) < 4.78 is 0. The number of hydrogen-bond acceptors (Lipinski definition) is 3. The highest BCUT2D eigenvalue weighted by molar-refractivity contribution is 5.41. The molecule has 0 saturated carbocycles. The Hall–Kier alpha value is -1.09. The summed E-state index contributed by atoms with van der Waals surface area (Å²) in [6.07, 6.45) is 4.08. The Bertz CT molecular complexity index is 380. The molecule has 2 rings (SSSR count). The number of aliphatic hydroxyl groups is 1. The van der Waals surface area contributed by atoms with Gasteiger partial charge in [-0.1, -0.05) is 26.8 Å². The van der Waals surface area contributed by atoms with Crippen molar-refractivity contribution >= 4 is 5.82 Å². The lowest BCUT2D eigenvalue weighted by molar-refractivity contribution is 0.263. The fourth-order valence-corrected chi connectivity index (χ4v) is 2.48. The van der Waals surface area contributed by atoms with E-state index in [4.69, 9.17) is 5.11 Å². The highest BCUT2D eigenvalue weighted by Gasteiger charge is 2.23. The Morgan fingerprint density at radius 3 is 2.72 bits per heavy atom. The second kappa shape index (κ2) is 5.27. The van der Waals surface area contributed by atoms with Crippen LogP contribution in [0, 0.1) is 5.92 Å². The van der Waals surface area contributed by atoms with Gasteiger partial charge in [-0.3, -0.25) is 0 Å². The Morgan fingerprint density at radius 1 is 1.39 bits per heavy atom. The van der Waals surface area contributed by atoms with Crippen LogP contribution in [-0.2, 0) is 5.41 Å². The summed E-state index contributed by atoms with van der Waals surface area (Å²) in [7, 11) is 0. The molecule has 1 saturated heterocycles. The first-order chi connectivity index (χ1) is 8.50. The Balaban J connectivity index is 2.03. The molecule has 18 heavy (non-hydrogen) atoms. The molecule has 0 spiro atoms. The fourth-order valence-electron chi connectivity index (χ4n) is 2.48. The normalized spacial score (nSPS) is 20.4. The van der Waals surface area contributed by atoms with Gasteiger partial charge in [0.1, 0.15) is 5.82 Å². The van der Waals surface area contributed by atoms with Crippen LogP contribution < -0.4 is 4.90 Å². The first kappa shape index (κ1) is 13.3. The average molecular weight is 248 g/mol. The lowest BCUT2D eigenvalue weighted by Gasteiger charge is -2.21. The molecular weight excluding hydrogens is 224 g/mol. The van der Waals surface area contributed by atoms with Gasteiger partial charge < -0.3 is 10.0 Å². The van der Waals surface area contributed by atoms with E-state index in [1.807, 2.05) is 6.20 Å². The minimum absolute atomic E-state index is 0.163. The predicted molar refractivity (Wildman–Crippen MR) is 75.0 cm³/mol. The van der Waals surface area contributed by atoms with E-state index in [2.05, 4.69) is 42.8 Å². The Morgan fingerprint density at radius 2 is 2.17 bits per heavy atom. The maximum absolute atomic E-state index is 8.98. The number of pyridine rings is 1. The van der Waals surface area contributed by atoms with Gasteiger partial charge in [-0.2, -0.15) is 0 Å². The molecule has 1 atom stereocenters. The Labute approximate surface area is 110 Å². The van der Waals surface area contributed by atoms with Crippen molar-refractivity contribution in [3.05, 3.63) is 23.9 Å². The summed E-state index contributed by atoms with van der Waals surface area (Å²) in [6, 6.07) is 4.31. The summed E-state index contributed by atoms with van der Waals surface area (Å²) in [5.41, 5.74) is 1.44. The van der Waals surface area contributed by atoms with E-state index in [1.165, 1.54) is 12.0 Å². The van der Waals surface area contributed by atoms with Crippen LogP contribution in [-0.4, -0.2) is 29.8 Å². The van der Waals surface area contributed by atoms with E-state index in [0.717, 1.165) is 25.3 Å². The van der Waals surface area contributed by atoms with Crippen LogP contribution in [0.15, 0.2) is 18.3 Å². The standard InChI is InChI=1S/C15H24N2O/c1-15(2,3)13-4-5-14(16-10-13)17-8-6-12(11-17)7-9-18/h4-5,10,12,18H,6-9,11H2,1-3H3. The van der Waals surface area contributed by atoms with Gasteiger partial charge in [-0.25, -0.2) is 4.98 Å². The van der Waals surface area contributed by atoms with Crippen molar-refractivity contribution in [3.63, 3.8) is 0 Å². The number of aliphatic hydroxyl groups excluding tert-OH is 1. The number of aromatic nitrogens is 1. The Kier molecular flexibility index (Phi) is 3.91. The van der Waals surface area contributed by atoms with Gasteiger partial charge in [0.25, 0.3) is 0 Å². The van der Waals surface area contributed by atoms with E-state index in [1.54, 1.807) is 0 Å². The van der Waals surface area contributed by atoms with Crippen molar-refractivity contribution in [1.29, 1.82) is 0 Å². The van der Waals surface area contributed by atoms with E-state index in [0.29, 0.717) is 12.5 Å². The van der Waals surface area contributed by atoms with E-state index in [-0.39, 0.29) is 5.41 Å². The third-order valence-corrected chi connectivity index (χ3v) is 3.76. The molecule has 0 aromatic carbocycles. The third-order valence-electron chi connectivity index (χ3n) is 3.76. The van der Waals surface area contributed by atoms with Crippen LogP contribution in [0.3, 0.4) is 0 Å². The lowest BCUT2D eigenvalue weighted by Crippen LogP contribution is -2.21. The van der Waals surface area contributed by atoms with Gasteiger partial charge in [-0.15, -0.1) is 0 Å². The molecular formula is C15H24N2O. The largest absolute Gasteiger partial charge is 0.396 e. The number of hydrogen-bond donors (Lipinski definition) is 1. The fraction of sp³-hybridized carbons (Fsp3) is 0.667. The zero-order chi connectivity index (χ0) is 13.2. The van der Waals surface area contributed by atoms with Crippen LogP contribution in [0.5, 0.6) is 0 Å². The van der Waals surface area contributed by atoms with Gasteiger partial charge >= 0.3 is 0 Å². The number of nitrogens with zero attached hydrogens (tertiary/aromatic N) is 2. The van der Waals surface area contributed by atoms with E-state index >= 15 is 0 Å². The first-order valence-electron chi connectivity index (χ1n) is 6.83. The molecule has 2 heterocycles. The monoisotopic (exact) mass is 248 g/mol. The second-order valence-electron chi connectivity index (χ2n) is 6.27. The molecule has 1 aromatic heterocycles. The highest BCUT2D eigenvalue weighted by atomic mass is 16.3. The van der Waals surface area contributed by atoms with Gasteiger partial charge in [0, 0.05) is 25.9 Å². The topological polar surface area (TPSA) is 36.4 Å². The van der Waals surface area contributed by atoms with Crippen molar-refractivity contribution in [2.75, 3.05) is 24.6 Å². The molecule has 1 fully saturated rings. The summed E-state index contributed by atoms with van der Waals surface area (Å²) >= 11 is 0. The molecule has 0 amide bonds. The van der Waals surface area contributed by atoms with Crippen LogP contribution in [0.2, 0.25) is 0 Å². The summed E-state index contributed by atoms with van der Waals surface area (Å²) in [5.74, 6) is 1.70.